The highest BCUT2D eigenvalue weighted by Gasteiger charge is 2.26. The second-order valence-electron chi connectivity index (χ2n) is 4.66. The van der Waals surface area contributed by atoms with E-state index in [0.29, 0.717) is 21.2 Å². The van der Waals surface area contributed by atoms with E-state index in [-0.39, 0.29) is 17.3 Å². The fourth-order valence-electron chi connectivity index (χ4n) is 1.98. The first-order valence-corrected chi connectivity index (χ1v) is 7.95. The molecule has 1 aliphatic heterocycles. The van der Waals surface area contributed by atoms with Gasteiger partial charge in [-0.15, -0.1) is 0 Å². The van der Waals surface area contributed by atoms with Crippen molar-refractivity contribution in [1.29, 1.82) is 0 Å². The van der Waals surface area contributed by atoms with Gasteiger partial charge in [0.2, 0.25) is 5.90 Å². The van der Waals surface area contributed by atoms with Crippen LogP contribution in [0.5, 0.6) is 5.75 Å². The van der Waals surface area contributed by atoms with Gasteiger partial charge in [0.1, 0.15) is 5.75 Å². The van der Waals surface area contributed by atoms with Crippen LogP contribution in [0, 0.1) is 0 Å². The molecule has 0 amide bonds. The van der Waals surface area contributed by atoms with Crippen LogP contribution in [0.4, 0.5) is 0 Å². The fourth-order valence-corrected chi connectivity index (χ4v) is 2.84. The largest absolute Gasteiger partial charge is 0.507 e. The number of rotatable bonds is 2. The van der Waals surface area contributed by atoms with E-state index in [2.05, 4.69) is 20.9 Å². The predicted molar refractivity (Wildman–Crippen MR) is 92.9 cm³/mol. The van der Waals surface area contributed by atoms with E-state index >= 15 is 0 Å². The van der Waals surface area contributed by atoms with Crippen molar-refractivity contribution in [1.82, 2.24) is 0 Å². The molecule has 1 heterocycles. The van der Waals surface area contributed by atoms with Crippen molar-refractivity contribution >= 4 is 57.1 Å². The summed E-state index contributed by atoms with van der Waals surface area (Å²) in [5.41, 5.74) is 0.976. The predicted octanol–water partition coefficient (Wildman–Crippen LogP) is 4.81. The van der Waals surface area contributed by atoms with Gasteiger partial charge in [0.25, 0.3) is 0 Å². The molecule has 0 saturated carbocycles. The number of aliphatic imine (C=N–C) groups is 1. The van der Waals surface area contributed by atoms with Crippen LogP contribution in [0.25, 0.3) is 6.08 Å². The molecule has 2 aromatic carbocycles. The van der Waals surface area contributed by atoms with E-state index in [9.17, 15) is 9.90 Å². The van der Waals surface area contributed by atoms with E-state index in [1.165, 1.54) is 18.2 Å². The fraction of sp³-hybridized carbons (Fsp3) is 0. The molecule has 116 valence electrons. The molecule has 0 fully saturated rings. The Morgan fingerprint density at radius 3 is 2.70 bits per heavy atom. The first-order chi connectivity index (χ1) is 10.9. The summed E-state index contributed by atoms with van der Waals surface area (Å²) in [7, 11) is 0. The van der Waals surface area contributed by atoms with Crippen molar-refractivity contribution in [2.24, 2.45) is 4.99 Å². The number of hydrogen-bond acceptors (Lipinski definition) is 4. The molecule has 0 radical (unpaired) electrons. The molecule has 1 aliphatic rings. The molecular weight excluding hydrogens is 405 g/mol. The summed E-state index contributed by atoms with van der Waals surface area (Å²) in [4.78, 5) is 16.1. The number of ether oxygens (including phenoxy) is 1. The number of nitrogens with zero attached hydrogens (tertiary/aromatic N) is 1. The summed E-state index contributed by atoms with van der Waals surface area (Å²) in [5.74, 6) is -0.496. The van der Waals surface area contributed by atoms with E-state index in [1.54, 1.807) is 24.3 Å². The lowest BCUT2D eigenvalue weighted by atomic mass is 10.1. The van der Waals surface area contributed by atoms with Gasteiger partial charge in [0, 0.05) is 15.1 Å². The molecule has 23 heavy (non-hydrogen) atoms. The second-order valence-corrected chi connectivity index (χ2v) is 6.42. The number of phenolic OH excluding ortho intramolecular Hbond substituents is 1. The third kappa shape index (κ3) is 3.42. The number of esters is 1. The number of halogens is 3. The second kappa shape index (κ2) is 6.35. The lowest BCUT2D eigenvalue weighted by molar-refractivity contribution is -0.129. The number of aromatic hydroxyl groups is 1. The molecule has 0 spiro atoms. The van der Waals surface area contributed by atoms with Gasteiger partial charge >= 0.3 is 5.97 Å². The first kappa shape index (κ1) is 16.1. The Morgan fingerprint density at radius 1 is 1.17 bits per heavy atom. The van der Waals surface area contributed by atoms with E-state index in [4.69, 9.17) is 27.9 Å². The quantitative estimate of drug-likeness (QED) is 0.568. The van der Waals surface area contributed by atoms with Crippen LogP contribution < -0.4 is 0 Å². The standard InChI is InChI=1S/C16H8BrCl2NO3/c17-9-1-4-14(21)8(5-9)6-13-16(22)23-15(20-13)11-3-2-10(18)7-12(11)19/h1-7,21H/b13-6+. The molecule has 3 rings (SSSR count). The number of benzene rings is 2. The summed E-state index contributed by atoms with van der Waals surface area (Å²) in [6, 6.07) is 9.65. The molecule has 0 bridgehead atoms. The van der Waals surface area contributed by atoms with Crippen molar-refractivity contribution in [3.8, 4) is 5.75 Å². The molecule has 7 heteroatoms. The summed E-state index contributed by atoms with van der Waals surface area (Å²) in [5, 5.41) is 10.6. The van der Waals surface area contributed by atoms with Crippen LogP contribution in [0.3, 0.4) is 0 Å². The topological polar surface area (TPSA) is 58.9 Å². The Kier molecular flexibility index (Phi) is 4.43. The Balaban J connectivity index is 2.01. The minimum absolute atomic E-state index is 0.0293. The number of carbonyl (C=O) groups excluding carboxylic acids is 1. The molecule has 4 nitrogen and oxygen atoms in total. The highest BCUT2D eigenvalue weighted by atomic mass is 79.9. The van der Waals surface area contributed by atoms with Gasteiger partial charge in [0.05, 0.1) is 10.6 Å². The maximum atomic E-state index is 12.0. The van der Waals surface area contributed by atoms with Crippen LogP contribution in [0.1, 0.15) is 11.1 Å². The zero-order valence-electron chi connectivity index (χ0n) is 11.4. The summed E-state index contributed by atoms with van der Waals surface area (Å²) in [6.07, 6.45) is 1.44. The van der Waals surface area contributed by atoms with Crippen LogP contribution in [0.15, 0.2) is 51.6 Å². The third-order valence-corrected chi connectivity index (χ3v) is 4.10. The van der Waals surface area contributed by atoms with Crippen molar-refractivity contribution < 1.29 is 14.6 Å². The number of carbonyl (C=O) groups is 1. The third-order valence-electron chi connectivity index (χ3n) is 3.06. The Labute approximate surface area is 150 Å². The lowest BCUT2D eigenvalue weighted by Gasteiger charge is -2.02. The molecule has 0 aliphatic carbocycles. The van der Waals surface area contributed by atoms with Crippen molar-refractivity contribution in [3.05, 3.63) is 67.7 Å². The minimum atomic E-state index is -0.620. The van der Waals surface area contributed by atoms with Crippen LogP contribution in [0.2, 0.25) is 10.0 Å². The van der Waals surface area contributed by atoms with E-state index < -0.39 is 5.97 Å². The molecule has 0 saturated heterocycles. The van der Waals surface area contributed by atoms with E-state index in [0.717, 1.165) is 4.47 Å². The Bertz CT molecular complexity index is 878. The van der Waals surface area contributed by atoms with Crippen LogP contribution >= 0.6 is 39.1 Å². The van der Waals surface area contributed by atoms with Crippen molar-refractivity contribution in [2.45, 2.75) is 0 Å². The van der Waals surface area contributed by atoms with Gasteiger partial charge in [-0.25, -0.2) is 9.79 Å². The highest BCUT2D eigenvalue weighted by Crippen LogP contribution is 2.28. The van der Waals surface area contributed by atoms with Crippen molar-refractivity contribution in [2.75, 3.05) is 0 Å². The van der Waals surface area contributed by atoms with Gasteiger partial charge < -0.3 is 9.84 Å². The zero-order chi connectivity index (χ0) is 16.6. The monoisotopic (exact) mass is 411 g/mol. The first-order valence-electron chi connectivity index (χ1n) is 6.40. The maximum Gasteiger partial charge on any atom is 0.363 e. The lowest BCUT2D eigenvalue weighted by Crippen LogP contribution is -2.05. The SMILES string of the molecule is O=C1OC(c2ccc(Cl)cc2Cl)=N/C1=C/c1cc(Br)ccc1O. The molecule has 2 aromatic rings. The minimum Gasteiger partial charge on any atom is -0.507 e. The molecule has 1 N–H and O–H groups in total. The average molecular weight is 413 g/mol. The van der Waals surface area contributed by atoms with Gasteiger partial charge in [-0.1, -0.05) is 39.1 Å². The van der Waals surface area contributed by atoms with Gasteiger partial charge in [0.15, 0.2) is 5.70 Å². The number of phenols is 1. The van der Waals surface area contributed by atoms with Crippen molar-refractivity contribution in [3.63, 3.8) is 0 Å². The summed E-state index contributed by atoms with van der Waals surface area (Å²) < 4.78 is 5.91. The normalized spacial score (nSPS) is 15.7. The number of cyclic esters (lactones) is 1. The molecule has 0 atom stereocenters. The number of hydrogen-bond donors (Lipinski definition) is 1. The van der Waals surface area contributed by atoms with E-state index in [1.807, 2.05) is 0 Å². The zero-order valence-corrected chi connectivity index (χ0v) is 14.5. The van der Waals surface area contributed by atoms with Crippen LogP contribution in [-0.2, 0) is 9.53 Å². The Hall–Kier alpha value is -1.82. The molecule has 0 unspecified atom stereocenters. The maximum absolute atomic E-state index is 12.0. The smallest absolute Gasteiger partial charge is 0.363 e. The van der Waals surface area contributed by atoms with Gasteiger partial charge in [-0.2, -0.15) is 0 Å². The highest BCUT2D eigenvalue weighted by molar-refractivity contribution is 9.10. The molecular formula is C16H8BrCl2NO3. The van der Waals surface area contributed by atoms with Gasteiger partial charge in [-0.05, 0) is 42.5 Å². The van der Waals surface area contributed by atoms with Crippen LogP contribution in [-0.4, -0.2) is 17.0 Å². The van der Waals surface area contributed by atoms with Gasteiger partial charge in [-0.3, -0.25) is 0 Å². The summed E-state index contributed by atoms with van der Waals surface area (Å²) >= 11 is 15.2. The summed E-state index contributed by atoms with van der Waals surface area (Å²) in [6.45, 7) is 0. The Morgan fingerprint density at radius 2 is 1.96 bits per heavy atom. The molecule has 0 aromatic heterocycles. The average Bonchev–Trinajstić information content (AvgIpc) is 2.84.